The van der Waals surface area contributed by atoms with Gasteiger partial charge in [0, 0.05) is 25.3 Å². The number of benzene rings is 1. The number of hydrogen-bond donors (Lipinski definition) is 1. The fraction of sp³-hybridized carbons (Fsp3) is 0.588. The Hall–Kier alpha value is -1.40. The van der Waals surface area contributed by atoms with Crippen LogP contribution in [0, 0.1) is 5.41 Å². The van der Waals surface area contributed by atoms with E-state index >= 15 is 0 Å². The molecule has 0 spiro atoms. The van der Waals surface area contributed by atoms with Gasteiger partial charge in [-0.3, -0.25) is 4.79 Å². The van der Waals surface area contributed by atoms with Crippen LogP contribution in [0.2, 0.25) is 0 Å². The highest BCUT2D eigenvalue weighted by Crippen LogP contribution is 2.42. The summed E-state index contributed by atoms with van der Waals surface area (Å²) >= 11 is 0. The Morgan fingerprint density at radius 2 is 1.96 bits per heavy atom. The number of nitrogens with zero attached hydrogens (tertiary/aromatic N) is 1. The second kappa shape index (κ2) is 6.61. The fourth-order valence-electron chi connectivity index (χ4n) is 3.24. The summed E-state index contributed by atoms with van der Waals surface area (Å²) in [6, 6.07) is 9.42. The first kappa shape index (κ1) is 17.9. The number of carbonyl (C=O) groups is 1. The molecule has 1 aliphatic heterocycles. The summed E-state index contributed by atoms with van der Waals surface area (Å²) < 4.78 is 22.5. The quantitative estimate of drug-likeness (QED) is 0.880. The van der Waals surface area contributed by atoms with E-state index in [4.69, 9.17) is 5.73 Å². The molecule has 1 aliphatic rings. The number of sulfone groups is 1. The Balaban J connectivity index is 2.06. The summed E-state index contributed by atoms with van der Waals surface area (Å²) in [6.45, 7) is 5.57. The maximum absolute atomic E-state index is 12.5. The Kier molecular flexibility index (Phi) is 5.16. The van der Waals surface area contributed by atoms with E-state index in [0.717, 1.165) is 6.26 Å². The van der Waals surface area contributed by atoms with E-state index in [0.29, 0.717) is 13.1 Å². The molecular formula is C17H26N2O3S. The SMILES string of the molecule is CC1(C)CN(C(=O)[C@@H](N)CCS(C)(=O)=O)C[C@@H]1c1ccccc1. The molecule has 23 heavy (non-hydrogen) atoms. The molecule has 0 unspecified atom stereocenters. The Bertz CT molecular complexity index is 656. The van der Waals surface area contributed by atoms with Crippen LogP contribution in [-0.4, -0.2) is 50.4 Å². The topological polar surface area (TPSA) is 80.5 Å². The van der Waals surface area contributed by atoms with Crippen molar-refractivity contribution >= 4 is 15.7 Å². The van der Waals surface area contributed by atoms with Crippen LogP contribution in [-0.2, 0) is 14.6 Å². The normalized spacial score (nSPS) is 22.1. The van der Waals surface area contributed by atoms with Crippen LogP contribution < -0.4 is 5.73 Å². The molecule has 1 aromatic rings. The standard InChI is InChI=1S/C17H26N2O3S/c1-17(2)12-19(11-14(17)13-7-5-4-6-8-13)16(20)15(18)9-10-23(3,21)22/h4-8,14-15H,9-12,18H2,1-3H3/t14-,15+/m1/s1. The number of amides is 1. The minimum absolute atomic E-state index is 0.0342. The van der Waals surface area contributed by atoms with Gasteiger partial charge in [-0.25, -0.2) is 8.42 Å². The van der Waals surface area contributed by atoms with Crippen molar-refractivity contribution in [1.29, 1.82) is 0 Å². The third kappa shape index (κ3) is 4.54. The predicted octanol–water partition coefficient (Wildman–Crippen LogP) is 1.40. The molecule has 0 saturated carbocycles. The van der Waals surface area contributed by atoms with Crippen molar-refractivity contribution in [2.45, 2.75) is 32.2 Å². The van der Waals surface area contributed by atoms with Gasteiger partial charge < -0.3 is 10.6 Å². The van der Waals surface area contributed by atoms with Crippen molar-refractivity contribution in [3.05, 3.63) is 35.9 Å². The molecule has 2 N–H and O–H groups in total. The number of carbonyl (C=O) groups excluding carboxylic acids is 1. The largest absolute Gasteiger partial charge is 0.340 e. The van der Waals surface area contributed by atoms with Crippen LogP contribution in [0.4, 0.5) is 0 Å². The van der Waals surface area contributed by atoms with Gasteiger partial charge in [-0.05, 0) is 17.4 Å². The van der Waals surface area contributed by atoms with Crippen molar-refractivity contribution in [3.63, 3.8) is 0 Å². The summed E-state index contributed by atoms with van der Waals surface area (Å²) in [7, 11) is -3.10. The summed E-state index contributed by atoms with van der Waals surface area (Å²) in [5.74, 6) is 0.0501. The van der Waals surface area contributed by atoms with Crippen molar-refractivity contribution in [3.8, 4) is 0 Å². The van der Waals surface area contributed by atoms with Gasteiger partial charge in [0.05, 0.1) is 11.8 Å². The monoisotopic (exact) mass is 338 g/mol. The van der Waals surface area contributed by atoms with Crippen molar-refractivity contribution < 1.29 is 13.2 Å². The molecule has 1 amide bonds. The smallest absolute Gasteiger partial charge is 0.239 e. The van der Waals surface area contributed by atoms with Crippen LogP contribution >= 0.6 is 0 Å². The zero-order valence-corrected chi connectivity index (χ0v) is 14.8. The highest BCUT2D eigenvalue weighted by Gasteiger charge is 2.42. The first-order valence-corrected chi connectivity index (χ1v) is 9.93. The minimum Gasteiger partial charge on any atom is -0.340 e. The molecule has 1 heterocycles. The number of rotatable bonds is 5. The molecule has 2 atom stereocenters. The molecule has 0 bridgehead atoms. The molecule has 0 aromatic heterocycles. The molecule has 2 rings (SSSR count). The highest BCUT2D eigenvalue weighted by molar-refractivity contribution is 7.90. The van der Waals surface area contributed by atoms with Gasteiger partial charge in [0.15, 0.2) is 0 Å². The van der Waals surface area contributed by atoms with E-state index in [9.17, 15) is 13.2 Å². The maximum atomic E-state index is 12.5. The first-order chi connectivity index (χ1) is 10.6. The molecule has 1 fully saturated rings. The van der Waals surface area contributed by atoms with Crippen LogP contribution in [0.15, 0.2) is 30.3 Å². The van der Waals surface area contributed by atoms with Gasteiger partial charge in [0.25, 0.3) is 0 Å². The van der Waals surface area contributed by atoms with Gasteiger partial charge >= 0.3 is 0 Å². The number of nitrogens with two attached hydrogens (primary N) is 1. The summed E-state index contributed by atoms with van der Waals surface area (Å²) in [5, 5.41) is 0. The molecule has 0 radical (unpaired) electrons. The highest BCUT2D eigenvalue weighted by atomic mass is 32.2. The maximum Gasteiger partial charge on any atom is 0.239 e. The summed E-state index contributed by atoms with van der Waals surface area (Å²) in [6.07, 6.45) is 1.33. The van der Waals surface area contributed by atoms with E-state index < -0.39 is 15.9 Å². The third-order valence-electron chi connectivity index (χ3n) is 4.58. The molecule has 1 saturated heterocycles. The fourth-order valence-corrected chi connectivity index (χ4v) is 3.93. The van der Waals surface area contributed by atoms with E-state index in [1.807, 2.05) is 18.2 Å². The summed E-state index contributed by atoms with van der Waals surface area (Å²) in [5.41, 5.74) is 7.11. The zero-order valence-electron chi connectivity index (χ0n) is 14.0. The van der Waals surface area contributed by atoms with Crippen molar-refractivity contribution in [2.24, 2.45) is 11.1 Å². The van der Waals surface area contributed by atoms with Crippen LogP contribution in [0.25, 0.3) is 0 Å². The molecule has 6 heteroatoms. The number of hydrogen-bond acceptors (Lipinski definition) is 4. The lowest BCUT2D eigenvalue weighted by Crippen LogP contribution is -2.44. The molecule has 1 aromatic carbocycles. The van der Waals surface area contributed by atoms with E-state index in [1.165, 1.54) is 5.56 Å². The predicted molar refractivity (Wildman–Crippen MR) is 91.8 cm³/mol. The second-order valence-corrected chi connectivity index (χ2v) is 9.46. The van der Waals surface area contributed by atoms with E-state index in [1.54, 1.807) is 4.90 Å². The van der Waals surface area contributed by atoms with E-state index in [2.05, 4.69) is 26.0 Å². The lowest BCUT2D eigenvalue weighted by molar-refractivity contribution is -0.131. The van der Waals surface area contributed by atoms with Gasteiger partial charge in [0.2, 0.25) is 5.91 Å². The Morgan fingerprint density at radius 3 is 2.52 bits per heavy atom. The zero-order chi connectivity index (χ0) is 17.3. The number of likely N-dealkylation sites (tertiary alicyclic amines) is 1. The van der Waals surface area contributed by atoms with Crippen LogP contribution in [0.3, 0.4) is 0 Å². The third-order valence-corrected chi connectivity index (χ3v) is 5.55. The molecular weight excluding hydrogens is 312 g/mol. The molecule has 128 valence electrons. The molecule has 0 aliphatic carbocycles. The molecule has 5 nitrogen and oxygen atoms in total. The average Bonchev–Trinajstić information content (AvgIpc) is 2.79. The van der Waals surface area contributed by atoms with E-state index in [-0.39, 0.29) is 29.4 Å². The average molecular weight is 338 g/mol. The second-order valence-electron chi connectivity index (χ2n) is 7.20. The Labute approximate surface area is 138 Å². The van der Waals surface area contributed by atoms with Gasteiger partial charge in [-0.15, -0.1) is 0 Å². The van der Waals surface area contributed by atoms with Crippen molar-refractivity contribution in [2.75, 3.05) is 25.1 Å². The van der Waals surface area contributed by atoms with Crippen LogP contribution in [0.5, 0.6) is 0 Å². The van der Waals surface area contributed by atoms with Gasteiger partial charge in [0.1, 0.15) is 9.84 Å². The minimum atomic E-state index is -3.10. The first-order valence-electron chi connectivity index (χ1n) is 7.87. The summed E-state index contributed by atoms with van der Waals surface area (Å²) in [4.78, 5) is 14.3. The van der Waals surface area contributed by atoms with Gasteiger partial charge in [-0.2, -0.15) is 0 Å². The van der Waals surface area contributed by atoms with Crippen LogP contribution in [0.1, 0.15) is 31.7 Å². The lowest BCUT2D eigenvalue weighted by Gasteiger charge is -2.25. The lowest BCUT2D eigenvalue weighted by atomic mass is 9.78. The Morgan fingerprint density at radius 1 is 1.35 bits per heavy atom. The van der Waals surface area contributed by atoms with Gasteiger partial charge in [-0.1, -0.05) is 44.2 Å². The van der Waals surface area contributed by atoms with Crippen molar-refractivity contribution in [1.82, 2.24) is 4.90 Å².